The lowest BCUT2D eigenvalue weighted by atomic mass is 10.1. The monoisotopic (exact) mass is 455 g/mol. The van der Waals surface area contributed by atoms with Gasteiger partial charge < -0.3 is 20.1 Å². The first-order chi connectivity index (χ1) is 16.6. The maximum atomic E-state index is 12.9. The van der Waals surface area contributed by atoms with Crippen LogP contribution in [0.2, 0.25) is 0 Å². The molecular formula is C26H27N6O2+. The number of nitrogens with one attached hydrogen (secondary N) is 2. The van der Waals surface area contributed by atoms with E-state index in [-0.39, 0.29) is 11.6 Å². The van der Waals surface area contributed by atoms with Crippen LogP contribution in [-0.2, 0) is 0 Å². The molecule has 1 amide bonds. The molecule has 2 fully saturated rings. The Balaban J connectivity index is 1.27. The zero-order valence-corrected chi connectivity index (χ0v) is 19.0. The average Bonchev–Trinajstić information content (AvgIpc) is 3.63. The maximum Gasteiger partial charge on any atom is 0.404 e. The Morgan fingerprint density at radius 2 is 1.97 bits per heavy atom. The van der Waals surface area contributed by atoms with Crippen molar-refractivity contribution in [2.45, 2.75) is 31.7 Å². The number of hydrogen-bond donors (Lipinski definition) is 2. The van der Waals surface area contributed by atoms with Gasteiger partial charge in [-0.15, -0.1) is 0 Å². The van der Waals surface area contributed by atoms with Crippen LogP contribution in [0, 0.1) is 11.3 Å². The Hall–Kier alpha value is -3.92. The van der Waals surface area contributed by atoms with Crippen molar-refractivity contribution < 1.29 is 4.79 Å². The van der Waals surface area contributed by atoms with E-state index in [9.17, 15) is 9.59 Å². The zero-order valence-electron chi connectivity index (χ0n) is 19.0. The predicted molar refractivity (Wildman–Crippen MR) is 134 cm³/mol. The van der Waals surface area contributed by atoms with Gasteiger partial charge in [-0.05, 0) is 69.1 Å². The zero-order chi connectivity index (χ0) is 23.5. The third-order valence-corrected chi connectivity index (χ3v) is 6.74. The Kier molecular flexibility index (Phi) is 6.13. The van der Waals surface area contributed by atoms with E-state index in [1.165, 1.54) is 38.8 Å². The molecule has 2 aromatic rings. The Bertz CT molecular complexity index is 1290. The van der Waals surface area contributed by atoms with Gasteiger partial charge in [0.2, 0.25) is 0 Å². The normalized spacial score (nSPS) is 19.7. The number of anilines is 2. The molecule has 34 heavy (non-hydrogen) atoms. The summed E-state index contributed by atoms with van der Waals surface area (Å²) < 4.78 is 4.00. The van der Waals surface area contributed by atoms with Crippen LogP contribution in [0.4, 0.5) is 11.4 Å². The highest BCUT2D eigenvalue weighted by molar-refractivity contribution is 6.26. The number of nitrogens with zero attached hydrogens (tertiary/aromatic N) is 4. The lowest BCUT2D eigenvalue weighted by Crippen LogP contribution is -2.39. The third-order valence-electron chi connectivity index (χ3n) is 6.74. The maximum absolute atomic E-state index is 12.9. The summed E-state index contributed by atoms with van der Waals surface area (Å²) in [5.74, 6) is -0.345. The van der Waals surface area contributed by atoms with Gasteiger partial charge in [0, 0.05) is 42.1 Å². The van der Waals surface area contributed by atoms with Crippen LogP contribution in [0.25, 0.3) is 5.57 Å². The first kappa shape index (κ1) is 21.9. The van der Waals surface area contributed by atoms with Gasteiger partial charge in [-0.2, -0.15) is 5.26 Å². The minimum absolute atomic E-state index is 0.150. The lowest BCUT2D eigenvalue weighted by molar-refractivity contribution is 0.102. The van der Waals surface area contributed by atoms with Crippen LogP contribution < -0.4 is 20.4 Å². The number of likely N-dealkylation sites (tertiary alicyclic amines) is 1. The number of rotatable bonds is 6. The first-order valence-corrected chi connectivity index (χ1v) is 11.8. The summed E-state index contributed by atoms with van der Waals surface area (Å²) in [4.78, 5) is 32.8. The molecule has 0 aliphatic carbocycles. The van der Waals surface area contributed by atoms with E-state index in [4.69, 9.17) is 5.26 Å². The fourth-order valence-electron chi connectivity index (χ4n) is 4.95. The molecule has 1 aromatic heterocycles. The summed E-state index contributed by atoms with van der Waals surface area (Å²) in [6.07, 6.45) is 9.72. The number of nitriles is 1. The number of aromatic nitrogens is 1. The van der Waals surface area contributed by atoms with Crippen LogP contribution in [0.15, 0.2) is 47.4 Å². The van der Waals surface area contributed by atoms with Gasteiger partial charge in [0.25, 0.3) is 11.5 Å². The largest absolute Gasteiger partial charge is 0.404 e. The summed E-state index contributed by atoms with van der Waals surface area (Å²) in [6.45, 7) is 4.55. The number of carbonyl (C=O) groups excluding carboxylic acids is 1. The number of aromatic amines is 1. The standard InChI is InChI=1S/C26H26N6O2/c27-14-21-12-19(15-28-21)20-13-24(26(34)29-16-20)30-25(33)18-5-7-22(8-6-18)32-11-3-4-23(32)17-31-9-1-2-10-31/h5-8,12-13,15-16,23H,1-4,9-11,17H2,(H,28,30,33)/p+1. The number of H-pyrrole nitrogens is 1. The number of hydrogen-bond acceptors (Lipinski definition) is 5. The van der Waals surface area contributed by atoms with Crippen molar-refractivity contribution >= 4 is 34.8 Å². The van der Waals surface area contributed by atoms with Crippen LogP contribution in [0.3, 0.4) is 0 Å². The van der Waals surface area contributed by atoms with E-state index in [1.807, 2.05) is 30.3 Å². The van der Waals surface area contributed by atoms with Crippen molar-refractivity contribution in [3.63, 3.8) is 0 Å². The summed E-state index contributed by atoms with van der Waals surface area (Å²) in [5, 5.41) is 11.7. The van der Waals surface area contributed by atoms with Crippen LogP contribution >= 0.6 is 0 Å². The molecule has 0 radical (unpaired) electrons. The molecule has 3 aliphatic rings. The van der Waals surface area contributed by atoms with Gasteiger partial charge in [-0.3, -0.25) is 9.59 Å². The van der Waals surface area contributed by atoms with E-state index in [1.54, 1.807) is 24.6 Å². The predicted octanol–water partition coefficient (Wildman–Crippen LogP) is 2.19. The minimum Gasteiger partial charge on any atom is -0.367 e. The molecule has 1 atom stereocenters. The molecule has 3 aliphatic heterocycles. The lowest BCUT2D eigenvalue weighted by Gasteiger charge is -2.30. The highest BCUT2D eigenvalue weighted by Gasteiger charge is 2.27. The molecule has 8 nitrogen and oxygen atoms in total. The van der Waals surface area contributed by atoms with Crippen molar-refractivity contribution in [2.75, 3.05) is 36.4 Å². The molecule has 1 aromatic carbocycles. The number of pyridine rings is 1. The molecule has 5 rings (SSSR count). The van der Waals surface area contributed by atoms with E-state index < -0.39 is 5.56 Å². The molecule has 8 heteroatoms. The molecule has 172 valence electrons. The van der Waals surface area contributed by atoms with Crippen molar-refractivity contribution in [3.8, 4) is 6.07 Å². The smallest absolute Gasteiger partial charge is 0.367 e. The van der Waals surface area contributed by atoms with Crippen molar-refractivity contribution in [1.82, 2.24) is 14.6 Å². The summed E-state index contributed by atoms with van der Waals surface area (Å²) in [7, 11) is 0. The summed E-state index contributed by atoms with van der Waals surface area (Å²) in [5.41, 5.74) is 3.04. The fraction of sp³-hybridized carbons (Fsp3) is 0.346. The number of amides is 1. The highest BCUT2D eigenvalue weighted by atomic mass is 16.2. The minimum atomic E-state index is -0.393. The van der Waals surface area contributed by atoms with Gasteiger partial charge in [-0.1, -0.05) is 4.67 Å². The Labute approximate surface area is 198 Å². The molecule has 2 saturated heterocycles. The Morgan fingerprint density at radius 3 is 2.71 bits per heavy atom. The van der Waals surface area contributed by atoms with Crippen molar-refractivity contribution in [1.29, 1.82) is 5.26 Å². The van der Waals surface area contributed by atoms with Gasteiger partial charge in [0.1, 0.15) is 5.69 Å². The summed E-state index contributed by atoms with van der Waals surface area (Å²) >= 11 is 0. The Morgan fingerprint density at radius 1 is 1.18 bits per heavy atom. The van der Waals surface area contributed by atoms with E-state index in [2.05, 4.69) is 24.8 Å². The van der Waals surface area contributed by atoms with Gasteiger partial charge >= 0.3 is 11.9 Å². The van der Waals surface area contributed by atoms with E-state index in [0.29, 0.717) is 28.5 Å². The first-order valence-electron chi connectivity index (χ1n) is 11.8. The average molecular weight is 456 g/mol. The van der Waals surface area contributed by atoms with Crippen LogP contribution in [0.1, 0.15) is 41.6 Å². The molecule has 0 bridgehead atoms. The number of benzene rings is 1. The molecule has 1 unspecified atom stereocenters. The summed E-state index contributed by atoms with van der Waals surface area (Å²) in [6, 6.07) is 11.7. The van der Waals surface area contributed by atoms with Crippen molar-refractivity contribution in [2.24, 2.45) is 0 Å². The van der Waals surface area contributed by atoms with Gasteiger partial charge in [0.05, 0.1) is 11.6 Å². The second-order valence-corrected chi connectivity index (χ2v) is 8.98. The highest BCUT2D eigenvalue weighted by Crippen LogP contribution is 2.27. The van der Waals surface area contributed by atoms with Crippen LogP contribution in [-0.4, -0.2) is 59.9 Å². The fourth-order valence-corrected chi connectivity index (χ4v) is 4.95. The van der Waals surface area contributed by atoms with Gasteiger partial charge in [0.15, 0.2) is 6.07 Å². The van der Waals surface area contributed by atoms with Crippen molar-refractivity contribution in [3.05, 3.63) is 64.1 Å². The van der Waals surface area contributed by atoms with Crippen LogP contribution in [0.5, 0.6) is 0 Å². The molecule has 2 N–H and O–H groups in total. The van der Waals surface area contributed by atoms with E-state index >= 15 is 0 Å². The molecular weight excluding hydrogens is 428 g/mol. The topological polar surface area (TPSA) is 106 Å². The number of carbonyl (C=O) groups is 1. The second kappa shape index (κ2) is 9.52. The molecule has 0 saturated carbocycles. The SMILES string of the molecule is N#CC1=[N+]=CC(c2c[nH]c(=O)c(NC(=O)c3ccc(N4CCCC4CN4CCCC4)cc3)c2)=C1. The third kappa shape index (κ3) is 4.58. The second-order valence-electron chi connectivity index (χ2n) is 8.98. The quantitative estimate of drug-likeness (QED) is 0.650. The number of allylic oxidation sites excluding steroid dienone is 2. The molecule has 4 heterocycles. The molecule has 0 spiro atoms. The van der Waals surface area contributed by atoms with Gasteiger partial charge in [-0.25, -0.2) is 0 Å². The van der Waals surface area contributed by atoms with E-state index in [0.717, 1.165) is 18.8 Å².